The van der Waals surface area contributed by atoms with Gasteiger partial charge < -0.3 is 10.1 Å². The number of thiazole rings is 1. The lowest BCUT2D eigenvalue weighted by Crippen LogP contribution is -2.05. The molecular formula is C12H14N4O2S. The Morgan fingerprint density at radius 2 is 2.21 bits per heavy atom. The number of hydrogen-bond acceptors (Lipinski definition) is 7. The van der Waals surface area contributed by atoms with Gasteiger partial charge in [0.05, 0.1) is 25.2 Å². The zero-order valence-electron chi connectivity index (χ0n) is 10.9. The molecule has 1 N–H and O–H groups in total. The fourth-order valence-corrected chi connectivity index (χ4v) is 2.43. The molecule has 2 aromatic rings. The van der Waals surface area contributed by atoms with Crippen molar-refractivity contribution in [1.29, 1.82) is 0 Å². The first-order valence-electron chi connectivity index (χ1n) is 5.77. The number of esters is 1. The molecule has 0 aliphatic carbocycles. The minimum absolute atomic E-state index is 0.178. The Morgan fingerprint density at radius 1 is 1.42 bits per heavy atom. The number of nitrogens with one attached hydrogen (secondary N) is 1. The number of methoxy groups -OCH3 is 1. The zero-order chi connectivity index (χ0) is 13.8. The Balaban J connectivity index is 2.12. The number of hydrogen-bond donors (Lipinski definition) is 1. The third kappa shape index (κ3) is 3.05. The van der Waals surface area contributed by atoms with Crippen molar-refractivity contribution in [1.82, 2.24) is 15.0 Å². The summed E-state index contributed by atoms with van der Waals surface area (Å²) >= 11 is 1.57. The van der Waals surface area contributed by atoms with Gasteiger partial charge in [0.15, 0.2) is 16.6 Å². The summed E-state index contributed by atoms with van der Waals surface area (Å²) in [6.45, 7) is 4.10. The van der Waals surface area contributed by atoms with Crippen molar-refractivity contribution in [3.8, 4) is 0 Å². The van der Waals surface area contributed by atoms with E-state index in [4.69, 9.17) is 0 Å². The van der Waals surface area contributed by atoms with Crippen LogP contribution in [-0.4, -0.2) is 28.0 Å². The molecule has 0 spiro atoms. The maximum absolute atomic E-state index is 11.2. The van der Waals surface area contributed by atoms with Gasteiger partial charge in [-0.2, -0.15) is 0 Å². The molecule has 0 atom stereocenters. The average Bonchev–Trinajstić information content (AvgIpc) is 2.78. The molecule has 100 valence electrons. The standard InChI is InChI=1S/C12H14N4O2S/c1-4-8-7(2)19-12(15-8)16-10-6-13-9(5-14-10)11(17)18-3/h5-6H,4H2,1-3H3,(H,14,15,16). The number of carbonyl (C=O) groups is 1. The van der Waals surface area contributed by atoms with Crippen molar-refractivity contribution in [2.24, 2.45) is 0 Å². The van der Waals surface area contributed by atoms with E-state index >= 15 is 0 Å². The summed E-state index contributed by atoms with van der Waals surface area (Å²) in [5.74, 6) is 0.0430. The summed E-state index contributed by atoms with van der Waals surface area (Å²) in [4.78, 5) is 24.9. The summed E-state index contributed by atoms with van der Waals surface area (Å²) in [5, 5.41) is 3.84. The second-order valence-electron chi connectivity index (χ2n) is 3.78. The van der Waals surface area contributed by atoms with Crippen molar-refractivity contribution < 1.29 is 9.53 Å². The van der Waals surface area contributed by atoms with Crippen molar-refractivity contribution >= 4 is 28.3 Å². The Morgan fingerprint density at radius 3 is 2.74 bits per heavy atom. The number of rotatable bonds is 4. The molecule has 0 aliphatic heterocycles. The number of carbonyl (C=O) groups excluding carboxylic acids is 1. The van der Waals surface area contributed by atoms with Gasteiger partial charge in [-0.25, -0.2) is 19.7 Å². The molecule has 0 aliphatic rings. The molecule has 7 heteroatoms. The maximum Gasteiger partial charge on any atom is 0.358 e. The second-order valence-corrected chi connectivity index (χ2v) is 4.98. The van der Waals surface area contributed by atoms with Crippen LogP contribution in [0.4, 0.5) is 10.9 Å². The molecule has 0 radical (unpaired) electrons. The zero-order valence-corrected chi connectivity index (χ0v) is 11.7. The minimum atomic E-state index is -0.502. The van der Waals surface area contributed by atoms with E-state index in [2.05, 4.69) is 31.9 Å². The van der Waals surface area contributed by atoms with E-state index in [9.17, 15) is 4.79 Å². The van der Waals surface area contributed by atoms with Gasteiger partial charge in [-0.05, 0) is 13.3 Å². The van der Waals surface area contributed by atoms with E-state index in [-0.39, 0.29) is 5.69 Å². The molecule has 0 bridgehead atoms. The fraction of sp³-hybridized carbons (Fsp3) is 0.333. The SMILES string of the molecule is CCc1nc(Nc2cnc(C(=O)OC)cn2)sc1C. The average molecular weight is 278 g/mol. The fourth-order valence-electron chi connectivity index (χ4n) is 1.52. The lowest BCUT2D eigenvalue weighted by Gasteiger charge is -2.01. The Kier molecular flexibility index (Phi) is 4.06. The van der Waals surface area contributed by atoms with Crippen LogP contribution in [0.2, 0.25) is 0 Å². The van der Waals surface area contributed by atoms with Gasteiger partial charge in [0, 0.05) is 4.88 Å². The van der Waals surface area contributed by atoms with Crippen LogP contribution in [0, 0.1) is 6.92 Å². The molecule has 2 aromatic heterocycles. The van der Waals surface area contributed by atoms with Gasteiger partial charge in [-0.15, -0.1) is 11.3 Å². The minimum Gasteiger partial charge on any atom is -0.464 e. The molecule has 0 unspecified atom stereocenters. The molecule has 0 saturated heterocycles. The summed E-state index contributed by atoms with van der Waals surface area (Å²) in [5.41, 5.74) is 1.25. The van der Waals surface area contributed by atoms with Crippen LogP contribution in [0.1, 0.15) is 28.0 Å². The molecular weight excluding hydrogens is 264 g/mol. The third-order valence-electron chi connectivity index (χ3n) is 2.51. The molecule has 2 rings (SSSR count). The molecule has 0 saturated carbocycles. The van der Waals surface area contributed by atoms with Gasteiger partial charge >= 0.3 is 5.97 Å². The van der Waals surface area contributed by atoms with E-state index in [0.717, 1.165) is 17.2 Å². The van der Waals surface area contributed by atoms with E-state index in [1.165, 1.54) is 24.4 Å². The molecule has 0 aromatic carbocycles. The highest BCUT2D eigenvalue weighted by Gasteiger charge is 2.09. The van der Waals surface area contributed by atoms with Crippen LogP contribution in [-0.2, 0) is 11.2 Å². The highest BCUT2D eigenvalue weighted by molar-refractivity contribution is 7.15. The van der Waals surface area contributed by atoms with Gasteiger partial charge in [0.1, 0.15) is 0 Å². The van der Waals surface area contributed by atoms with Crippen molar-refractivity contribution in [3.05, 3.63) is 28.7 Å². The van der Waals surface area contributed by atoms with E-state index < -0.39 is 5.97 Å². The summed E-state index contributed by atoms with van der Waals surface area (Å²) in [7, 11) is 1.31. The highest BCUT2D eigenvalue weighted by atomic mass is 32.1. The van der Waals surface area contributed by atoms with Gasteiger partial charge in [0.2, 0.25) is 0 Å². The Bertz CT molecular complexity index is 580. The van der Waals surface area contributed by atoms with Crippen LogP contribution in [0.25, 0.3) is 0 Å². The summed E-state index contributed by atoms with van der Waals surface area (Å²) < 4.78 is 4.56. The van der Waals surface area contributed by atoms with Crippen molar-refractivity contribution in [2.45, 2.75) is 20.3 Å². The number of aromatic nitrogens is 3. The Labute approximate surface area is 114 Å². The van der Waals surface area contributed by atoms with Crippen LogP contribution < -0.4 is 5.32 Å². The van der Waals surface area contributed by atoms with Crippen LogP contribution in [0.5, 0.6) is 0 Å². The first-order valence-corrected chi connectivity index (χ1v) is 6.59. The quantitative estimate of drug-likeness (QED) is 0.865. The second kappa shape index (κ2) is 5.75. The smallest absolute Gasteiger partial charge is 0.358 e. The normalized spacial score (nSPS) is 10.3. The molecule has 6 nitrogen and oxygen atoms in total. The predicted octanol–water partition coefficient (Wildman–Crippen LogP) is 2.33. The van der Waals surface area contributed by atoms with Crippen LogP contribution in [0.15, 0.2) is 12.4 Å². The lowest BCUT2D eigenvalue weighted by molar-refractivity contribution is 0.0593. The number of anilines is 2. The number of ether oxygens (including phenoxy) is 1. The Hall–Kier alpha value is -2.02. The molecule has 19 heavy (non-hydrogen) atoms. The molecule has 0 fully saturated rings. The summed E-state index contributed by atoms with van der Waals surface area (Å²) in [6.07, 6.45) is 3.75. The first-order chi connectivity index (χ1) is 9.13. The topological polar surface area (TPSA) is 77.0 Å². The highest BCUT2D eigenvalue weighted by Crippen LogP contribution is 2.24. The van der Waals surface area contributed by atoms with Crippen molar-refractivity contribution in [2.75, 3.05) is 12.4 Å². The monoisotopic (exact) mass is 278 g/mol. The number of aryl methyl sites for hydroxylation is 2. The molecule has 0 amide bonds. The largest absolute Gasteiger partial charge is 0.464 e. The first kappa shape index (κ1) is 13.4. The maximum atomic E-state index is 11.2. The van der Waals surface area contributed by atoms with Crippen LogP contribution >= 0.6 is 11.3 Å². The third-order valence-corrected chi connectivity index (χ3v) is 3.44. The summed E-state index contributed by atoms with van der Waals surface area (Å²) in [6, 6.07) is 0. The van der Waals surface area contributed by atoms with Gasteiger partial charge in [0.25, 0.3) is 0 Å². The number of nitrogens with zero attached hydrogens (tertiary/aromatic N) is 3. The van der Waals surface area contributed by atoms with E-state index in [0.29, 0.717) is 5.82 Å². The van der Waals surface area contributed by atoms with Crippen LogP contribution in [0.3, 0.4) is 0 Å². The van der Waals surface area contributed by atoms with Gasteiger partial charge in [-0.1, -0.05) is 6.92 Å². The van der Waals surface area contributed by atoms with Crippen molar-refractivity contribution in [3.63, 3.8) is 0 Å². The molecule has 2 heterocycles. The lowest BCUT2D eigenvalue weighted by atomic mass is 10.3. The van der Waals surface area contributed by atoms with E-state index in [1.54, 1.807) is 11.3 Å². The van der Waals surface area contributed by atoms with E-state index in [1.807, 2.05) is 6.92 Å². The predicted molar refractivity (Wildman–Crippen MR) is 72.9 cm³/mol. The van der Waals surface area contributed by atoms with Gasteiger partial charge in [-0.3, -0.25) is 0 Å².